The molecule has 0 saturated heterocycles. The van der Waals surface area contributed by atoms with E-state index in [1.54, 1.807) is 17.7 Å². The molecule has 0 bridgehead atoms. The van der Waals surface area contributed by atoms with Gasteiger partial charge in [0.1, 0.15) is 12.0 Å². The minimum Gasteiger partial charge on any atom is -0.346 e. The molecule has 0 spiro atoms. The van der Waals surface area contributed by atoms with Crippen LogP contribution in [0.25, 0.3) is 21.6 Å². The molecule has 1 N–H and O–H groups in total. The van der Waals surface area contributed by atoms with E-state index in [1.165, 1.54) is 0 Å². The number of rotatable bonds is 6. The third-order valence-electron chi connectivity index (χ3n) is 3.70. The summed E-state index contributed by atoms with van der Waals surface area (Å²) >= 11 is 1.68. The second-order valence-electron chi connectivity index (χ2n) is 5.21. The zero-order valence-corrected chi connectivity index (χ0v) is 13.2. The molecule has 3 aromatic heterocycles. The van der Waals surface area contributed by atoms with Crippen LogP contribution in [0, 0.1) is 11.3 Å². The van der Waals surface area contributed by atoms with Crippen LogP contribution in [-0.4, -0.2) is 19.9 Å². The Morgan fingerprint density at radius 2 is 2.23 bits per heavy atom. The van der Waals surface area contributed by atoms with Gasteiger partial charge in [0.05, 0.1) is 21.6 Å². The standard InChI is InChI=1S/C16H17N5S/c1-2-4-11(5-3-7-17)16-19-9-13(22-16)14-12-6-8-18-15(12)21-10-20-14/h6,8-11H,2-5H2,1H3,(H,18,20,21). The lowest BCUT2D eigenvalue weighted by molar-refractivity contribution is 0.573. The largest absolute Gasteiger partial charge is 0.346 e. The topological polar surface area (TPSA) is 78.2 Å². The summed E-state index contributed by atoms with van der Waals surface area (Å²) in [5.74, 6) is 0.368. The van der Waals surface area contributed by atoms with E-state index in [0.29, 0.717) is 12.3 Å². The van der Waals surface area contributed by atoms with Crippen molar-refractivity contribution < 1.29 is 0 Å². The highest BCUT2D eigenvalue weighted by Crippen LogP contribution is 2.35. The Balaban J connectivity index is 1.92. The summed E-state index contributed by atoms with van der Waals surface area (Å²) in [7, 11) is 0. The van der Waals surface area contributed by atoms with Gasteiger partial charge in [0.2, 0.25) is 0 Å². The molecular weight excluding hydrogens is 294 g/mol. The molecule has 0 aliphatic rings. The van der Waals surface area contributed by atoms with Crippen molar-refractivity contribution >= 4 is 22.4 Å². The zero-order chi connectivity index (χ0) is 15.4. The van der Waals surface area contributed by atoms with Gasteiger partial charge in [0.15, 0.2) is 0 Å². The van der Waals surface area contributed by atoms with E-state index >= 15 is 0 Å². The number of H-pyrrole nitrogens is 1. The van der Waals surface area contributed by atoms with E-state index in [9.17, 15) is 0 Å². The average Bonchev–Trinajstić information content (AvgIpc) is 3.19. The van der Waals surface area contributed by atoms with Crippen LogP contribution < -0.4 is 0 Å². The molecule has 6 heteroatoms. The number of hydrogen-bond acceptors (Lipinski definition) is 5. The molecule has 5 nitrogen and oxygen atoms in total. The van der Waals surface area contributed by atoms with Gasteiger partial charge in [-0.3, -0.25) is 0 Å². The van der Waals surface area contributed by atoms with Gasteiger partial charge in [-0.25, -0.2) is 15.0 Å². The van der Waals surface area contributed by atoms with Crippen molar-refractivity contribution in [3.63, 3.8) is 0 Å². The maximum absolute atomic E-state index is 8.82. The second kappa shape index (κ2) is 6.67. The first-order chi connectivity index (χ1) is 10.8. The molecule has 0 fully saturated rings. The lowest BCUT2D eigenvalue weighted by Gasteiger charge is -2.10. The number of nitriles is 1. The van der Waals surface area contributed by atoms with Crippen LogP contribution in [0.5, 0.6) is 0 Å². The third-order valence-corrected chi connectivity index (χ3v) is 4.87. The van der Waals surface area contributed by atoms with Crippen LogP contribution in [0.3, 0.4) is 0 Å². The van der Waals surface area contributed by atoms with Crippen LogP contribution in [0.15, 0.2) is 24.8 Å². The monoisotopic (exact) mass is 311 g/mol. The van der Waals surface area contributed by atoms with Gasteiger partial charge < -0.3 is 4.98 Å². The Hall–Kier alpha value is -2.26. The Bertz CT molecular complexity index is 798. The van der Waals surface area contributed by atoms with Gasteiger partial charge in [-0.1, -0.05) is 13.3 Å². The number of aromatic nitrogens is 4. The number of nitrogens with one attached hydrogen (secondary N) is 1. The van der Waals surface area contributed by atoms with E-state index in [-0.39, 0.29) is 0 Å². The molecule has 0 aromatic carbocycles. The SMILES string of the molecule is CCCC(CCC#N)c1ncc(-c2ncnc3[nH]ccc23)s1. The number of thiazole rings is 1. The highest BCUT2D eigenvalue weighted by Gasteiger charge is 2.17. The number of aromatic amines is 1. The quantitative estimate of drug-likeness (QED) is 0.737. The summed E-state index contributed by atoms with van der Waals surface area (Å²) in [6.07, 6.45) is 8.96. The van der Waals surface area contributed by atoms with Crippen LogP contribution in [0.1, 0.15) is 43.5 Å². The van der Waals surface area contributed by atoms with Crippen molar-refractivity contribution in [2.75, 3.05) is 0 Å². The molecule has 22 heavy (non-hydrogen) atoms. The van der Waals surface area contributed by atoms with E-state index < -0.39 is 0 Å². The predicted octanol–water partition coefficient (Wildman–Crippen LogP) is 4.27. The zero-order valence-electron chi connectivity index (χ0n) is 12.4. The summed E-state index contributed by atoms with van der Waals surface area (Å²) in [5.41, 5.74) is 1.76. The first-order valence-corrected chi connectivity index (χ1v) is 8.26. The van der Waals surface area contributed by atoms with Crippen molar-refractivity contribution in [1.29, 1.82) is 5.26 Å². The van der Waals surface area contributed by atoms with Crippen LogP contribution >= 0.6 is 11.3 Å². The normalized spacial score (nSPS) is 12.4. The van der Waals surface area contributed by atoms with Gasteiger partial charge in [0, 0.05) is 30.1 Å². The maximum atomic E-state index is 8.82. The fourth-order valence-electron chi connectivity index (χ4n) is 2.63. The third kappa shape index (κ3) is 2.85. The van der Waals surface area contributed by atoms with Gasteiger partial charge in [0.25, 0.3) is 0 Å². The Morgan fingerprint density at radius 3 is 3.05 bits per heavy atom. The maximum Gasteiger partial charge on any atom is 0.141 e. The summed E-state index contributed by atoms with van der Waals surface area (Å²) in [6, 6.07) is 4.23. The van der Waals surface area contributed by atoms with Gasteiger partial charge in [-0.05, 0) is 18.9 Å². The van der Waals surface area contributed by atoms with Gasteiger partial charge >= 0.3 is 0 Å². The number of fused-ring (bicyclic) bond motifs is 1. The Labute approximate surface area is 133 Å². The smallest absolute Gasteiger partial charge is 0.141 e. The number of hydrogen-bond donors (Lipinski definition) is 1. The van der Waals surface area contributed by atoms with Crippen molar-refractivity contribution in [2.24, 2.45) is 0 Å². The first kappa shape index (κ1) is 14.7. The Kier molecular flexibility index (Phi) is 4.45. The summed E-state index contributed by atoms with van der Waals surface area (Å²) in [6.45, 7) is 2.17. The second-order valence-corrected chi connectivity index (χ2v) is 6.27. The molecule has 1 unspecified atom stereocenters. The number of nitrogens with zero attached hydrogens (tertiary/aromatic N) is 4. The van der Waals surface area contributed by atoms with E-state index in [0.717, 1.165) is 45.9 Å². The summed E-state index contributed by atoms with van der Waals surface area (Å²) in [5, 5.41) is 10.9. The fourth-order valence-corrected chi connectivity index (χ4v) is 3.73. The molecule has 112 valence electrons. The molecule has 0 aliphatic carbocycles. The Morgan fingerprint density at radius 1 is 1.32 bits per heavy atom. The average molecular weight is 311 g/mol. The molecule has 0 amide bonds. The van der Waals surface area contributed by atoms with E-state index in [1.807, 2.05) is 18.5 Å². The van der Waals surface area contributed by atoms with Crippen LogP contribution in [0.4, 0.5) is 0 Å². The van der Waals surface area contributed by atoms with Crippen molar-refractivity contribution in [1.82, 2.24) is 19.9 Å². The lowest BCUT2D eigenvalue weighted by atomic mass is 9.99. The molecule has 0 saturated carbocycles. The van der Waals surface area contributed by atoms with Crippen molar-refractivity contribution in [3.8, 4) is 16.6 Å². The first-order valence-electron chi connectivity index (χ1n) is 7.44. The van der Waals surface area contributed by atoms with E-state index in [4.69, 9.17) is 5.26 Å². The minimum atomic E-state index is 0.368. The molecule has 3 rings (SSSR count). The predicted molar refractivity (Wildman–Crippen MR) is 87.5 cm³/mol. The molecular formula is C16H17N5S. The summed E-state index contributed by atoms with van der Waals surface area (Å²) < 4.78 is 0. The molecule has 0 radical (unpaired) electrons. The van der Waals surface area contributed by atoms with Crippen LogP contribution in [-0.2, 0) is 0 Å². The lowest BCUT2D eigenvalue weighted by Crippen LogP contribution is -1.97. The van der Waals surface area contributed by atoms with E-state index in [2.05, 4.69) is 32.9 Å². The molecule has 3 aromatic rings. The van der Waals surface area contributed by atoms with Crippen molar-refractivity contribution in [3.05, 3.63) is 29.8 Å². The highest BCUT2D eigenvalue weighted by molar-refractivity contribution is 7.15. The van der Waals surface area contributed by atoms with Gasteiger partial charge in [-0.15, -0.1) is 11.3 Å². The minimum absolute atomic E-state index is 0.368. The highest BCUT2D eigenvalue weighted by atomic mass is 32.1. The molecule has 3 heterocycles. The fraction of sp³-hybridized carbons (Fsp3) is 0.375. The van der Waals surface area contributed by atoms with Gasteiger partial charge in [-0.2, -0.15) is 5.26 Å². The van der Waals surface area contributed by atoms with Crippen LogP contribution in [0.2, 0.25) is 0 Å². The molecule has 1 atom stereocenters. The summed E-state index contributed by atoms with van der Waals surface area (Å²) in [4.78, 5) is 17.4. The molecule has 0 aliphatic heterocycles. The van der Waals surface area contributed by atoms with Crippen molar-refractivity contribution in [2.45, 2.75) is 38.5 Å².